The number of carbonyl (C=O) groups excluding carboxylic acids is 1. The molecule has 0 aliphatic heterocycles. The minimum absolute atomic E-state index is 0.0423. The van der Waals surface area contributed by atoms with Gasteiger partial charge in [-0.25, -0.2) is 8.78 Å². The van der Waals surface area contributed by atoms with Crippen LogP contribution in [0.1, 0.15) is 10.5 Å². The molecule has 17 heavy (non-hydrogen) atoms. The van der Waals surface area contributed by atoms with Crippen molar-refractivity contribution in [3.63, 3.8) is 0 Å². The number of aromatic nitrogens is 1. The Balaban J connectivity index is 2.18. The van der Waals surface area contributed by atoms with Crippen molar-refractivity contribution in [3.8, 4) is 0 Å². The largest absolute Gasteiger partial charge is 0.397 e. The molecule has 88 valence electrons. The fourth-order valence-electron chi connectivity index (χ4n) is 1.37. The average molecular weight is 237 g/mol. The number of nitrogens with two attached hydrogens (primary N) is 1. The Morgan fingerprint density at radius 2 is 1.82 bits per heavy atom. The van der Waals surface area contributed by atoms with E-state index in [2.05, 4.69) is 10.3 Å². The van der Waals surface area contributed by atoms with Crippen molar-refractivity contribution in [2.45, 2.75) is 0 Å². The maximum absolute atomic E-state index is 12.9. The summed E-state index contributed by atoms with van der Waals surface area (Å²) >= 11 is 0. The molecule has 1 aromatic heterocycles. The summed E-state index contributed by atoms with van der Waals surface area (Å²) in [6, 6.07) is 4.19. The number of aromatic amines is 1. The first-order chi connectivity index (χ1) is 8.04. The lowest BCUT2D eigenvalue weighted by atomic mass is 10.3. The second kappa shape index (κ2) is 4.25. The van der Waals surface area contributed by atoms with Crippen LogP contribution in [0.4, 0.5) is 20.2 Å². The molecule has 1 amide bonds. The number of H-pyrrole nitrogens is 1. The molecule has 4 N–H and O–H groups in total. The van der Waals surface area contributed by atoms with Crippen molar-refractivity contribution in [2.75, 3.05) is 11.1 Å². The molecule has 0 fully saturated rings. The predicted molar refractivity (Wildman–Crippen MR) is 59.5 cm³/mol. The van der Waals surface area contributed by atoms with Gasteiger partial charge in [0.05, 0.1) is 0 Å². The molecule has 1 heterocycles. The van der Waals surface area contributed by atoms with E-state index in [1.165, 1.54) is 12.3 Å². The quantitative estimate of drug-likeness (QED) is 0.748. The van der Waals surface area contributed by atoms with Gasteiger partial charge in [-0.3, -0.25) is 4.79 Å². The summed E-state index contributed by atoms with van der Waals surface area (Å²) < 4.78 is 25.7. The summed E-state index contributed by atoms with van der Waals surface area (Å²) in [5, 5.41) is 2.35. The fraction of sp³-hybridized carbons (Fsp3) is 0. The van der Waals surface area contributed by atoms with Gasteiger partial charge in [0, 0.05) is 23.6 Å². The van der Waals surface area contributed by atoms with Crippen LogP contribution in [0.2, 0.25) is 0 Å². The summed E-state index contributed by atoms with van der Waals surface area (Å²) in [5.74, 6) is -2.04. The second-order valence-corrected chi connectivity index (χ2v) is 3.46. The topological polar surface area (TPSA) is 70.9 Å². The van der Waals surface area contributed by atoms with Crippen LogP contribution in [0.5, 0.6) is 0 Å². The maximum Gasteiger partial charge on any atom is 0.272 e. The normalized spacial score (nSPS) is 10.2. The standard InChI is InChI=1S/C11H9F2N3O/c12-6-1-7(13)3-9(2-6)16-11(17)10-4-8(14)5-15-10/h1-5,15H,14H2,(H,16,17). The zero-order chi connectivity index (χ0) is 12.4. The third-order valence-corrected chi connectivity index (χ3v) is 2.07. The van der Waals surface area contributed by atoms with E-state index in [1.807, 2.05) is 0 Å². The molecular weight excluding hydrogens is 228 g/mol. The van der Waals surface area contributed by atoms with Gasteiger partial charge in [0.25, 0.3) is 5.91 Å². The molecule has 2 aromatic rings. The van der Waals surface area contributed by atoms with Crippen molar-refractivity contribution in [2.24, 2.45) is 0 Å². The molecule has 0 radical (unpaired) electrons. The number of rotatable bonds is 2. The lowest BCUT2D eigenvalue weighted by molar-refractivity contribution is 0.102. The zero-order valence-corrected chi connectivity index (χ0v) is 8.63. The number of nitrogen functional groups attached to an aromatic ring is 1. The Morgan fingerprint density at radius 1 is 1.18 bits per heavy atom. The molecule has 0 saturated carbocycles. The first-order valence-corrected chi connectivity index (χ1v) is 4.76. The van der Waals surface area contributed by atoms with Gasteiger partial charge in [-0.15, -0.1) is 0 Å². The van der Waals surface area contributed by atoms with Crippen LogP contribution in [-0.2, 0) is 0 Å². The molecule has 0 aliphatic carbocycles. The van der Waals surface area contributed by atoms with E-state index in [0.29, 0.717) is 5.69 Å². The number of benzene rings is 1. The number of nitrogens with one attached hydrogen (secondary N) is 2. The molecule has 4 nitrogen and oxygen atoms in total. The van der Waals surface area contributed by atoms with Crippen LogP contribution in [-0.4, -0.2) is 10.9 Å². The SMILES string of the molecule is Nc1c[nH]c(C(=O)Nc2cc(F)cc(F)c2)c1. The Bertz CT molecular complexity index is 545. The van der Waals surface area contributed by atoms with Crippen LogP contribution in [0.15, 0.2) is 30.5 Å². The zero-order valence-electron chi connectivity index (χ0n) is 8.63. The van der Waals surface area contributed by atoms with Crippen LogP contribution < -0.4 is 11.1 Å². The van der Waals surface area contributed by atoms with Crippen molar-refractivity contribution < 1.29 is 13.6 Å². The third-order valence-electron chi connectivity index (χ3n) is 2.07. The smallest absolute Gasteiger partial charge is 0.272 e. The first kappa shape index (κ1) is 11.1. The number of hydrogen-bond donors (Lipinski definition) is 3. The van der Waals surface area contributed by atoms with E-state index in [4.69, 9.17) is 5.73 Å². The highest BCUT2D eigenvalue weighted by molar-refractivity contribution is 6.03. The first-order valence-electron chi connectivity index (χ1n) is 4.76. The summed E-state index contributed by atoms with van der Waals surface area (Å²) in [6.07, 6.45) is 1.45. The van der Waals surface area contributed by atoms with Crippen molar-refractivity contribution in [1.82, 2.24) is 4.98 Å². The summed E-state index contributed by atoms with van der Waals surface area (Å²) in [7, 11) is 0. The van der Waals surface area contributed by atoms with Gasteiger partial charge in [-0.05, 0) is 18.2 Å². The summed E-state index contributed by atoms with van der Waals surface area (Å²) in [5.41, 5.74) is 6.09. The number of halogens is 2. The molecular formula is C11H9F2N3O. The minimum Gasteiger partial charge on any atom is -0.397 e. The van der Waals surface area contributed by atoms with E-state index >= 15 is 0 Å². The molecule has 6 heteroatoms. The second-order valence-electron chi connectivity index (χ2n) is 3.46. The third kappa shape index (κ3) is 2.60. The number of amides is 1. The van der Waals surface area contributed by atoms with Crippen LogP contribution in [0.25, 0.3) is 0 Å². The Labute approximate surface area is 95.4 Å². The predicted octanol–water partition coefficient (Wildman–Crippen LogP) is 2.13. The number of carbonyl (C=O) groups is 1. The van der Waals surface area contributed by atoms with Crippen molar-refractivity contribution in [1.29, 1.82) is 0 Å². The van der Waals surface area contributed by atoms with Gasteiger partial charge in [-0.1, -0.05) is 0 Å². The Kier molecular flexibility index (Phi) is 2.78. The van der Waals surface area contributed by atoms with Gasteiger partial charge in [0.2, 0.25) is 0 Å². The average Bonchev–Trinajstić information content (AvgIpc) is 2.63. The van der Waals surface area contributed by atoms with E-state index in [-0.39, 0.29) is 11.4 Å². The minimum atomic E-state index is -0.758. The van der Waals surface area contributed by atoms with Gasteiger partial charge >= 0.3 is 0 Å². The molecule has 0 atom stereocenters. The Hall–Kier alpha value is -2.37. The molecule has 0 saturated heterocycles. The van der Waals surface area contributed by atoms with E-state index in [1.54, 1.807) is 0 Å². The summed E-state index contributed by atoms with van der Waals surface area (Å²) in [4.78, 5) is 14.2. The van der Waals surface area contributed by atoms with Gasteiger partial charge < -0.3 is 16.0 Å². The highest BCUT2D eigenvalue weighted by Gasteiger charge is 2.09. The van der Waals surface area contributed by atoms with E-state index < -0.39 is 17.5 Å². The van der Waals surface area contributed by atoms with Gasteiger partial charge in [0.15, 0.2) is 0 Å². The monoisotopic (exact) mass is 237 g/mol. The van der Waals surface area contributed by atoms with Crippen molar-refractivity contribution in [3.05, 3.63) is 47.8 Å². The molecule has 2 rings (SSSR count). The van der Waals surface area contributed by atoms with Crippen LogP contribution in [0.3, 0.4) is 0 Å². The van der Waals surface area contributed by atoms with Crippen molar-refractivity contribution >= 4 is 17.3 Å². The van der Waals surface area contributed by atoms with Crippen LogP contribution >= 0.6 is 0 Å². The fourth-order valence-corrected chi connectivity index (χ4v) is 1.37. The lowest BCUT2D eigenvalue weighted by Gasteiger charge is -2.03. The van der Waals surface area contributed by atoms with E-state index in [9.17, 15) is 13.6 Å². The Morgan fingerprint density at radius 3 is 2.35 bits per heavy atom. The van der Waals surface area contributed by atoms with E-state index in [0.717, 1.165) is 18.2 Å². The summed E-state index contributed by atoms with van der Waals surface area (Å²) in [6.45, 7) is 0. The molecule has 0 spiro atoms. The lowest BCUT2D eigenvalue weighted by Crippen LogP contribution is -2.12. The van der Waals surface area contributed by atoms with Gasteiger partial charge in [0.1, 0.15) is 17.3 Å². The number of anilines is 2. The van der Waals surface area contributed by atoms with Crippen LogP contribution in [0, 0.1) is 11.6 Å². The molecule has 1 aromatic carbocycles. The highest BCUT2D eigenvalue weighted by Crippen LogP contribution is 2.14. The molecule has 0 unspecified atom stereocenters. The number of hydrogen-bond acceptors (Lipinski definition) is 2. The highest BCUT2D eigenvalue weighted by atomic mass is 19.1. The molecule has 0 bridgehead atoms. The molecule has 0 aliphatic rings. The maximum atomic E-state index is 12.9. The van der Waals surface area contributed by atoms with Gasteiger partial charge in [-0.2, -0.15) is 0 Å².